The van der Waals surface area contributed by atoms with Crippen molar-refractivity contribution in [2.75, 3.05) is 5.01 Å². The minimum Gasteiger partial charge on any atom is -0.472 e. The van der Waals surface area contributed by atoms with Crippen molar-refractivity contribution in [1.29, 1.82) is 0 Å². The van der Waals surface area contributed by atoms with E-state index in [9.17, 15) is 4.79 Å². The van der Waals surface area contributed by atoms with Crippen LogP contribution in [0.3, 0.4) is 0 Å². The lowest BCUT2D eigenvalue weighted by Crippen LogP contribution is -2.38. The number of urea groups is 1. The number of carbonyl (C=O) groups is 1. The highest BCUT2D eigenvalue weighted by molar-refractivity contribution is 5.93. The maximum absolute atomic E-state index is 11.8. The van der Waals surface area contributed by atoms with Crippen LogP contribution in [0.4, 0.5) is 10.5 Å². The third kappa shape index (κ3) is 2.83. The fraction of sp³-hybridized carbons (Fsp3) is 0.214. The summed E-state index contributed by atoms with van der Waals surface area (Å²) in [7, 11) is 0. The minimum atomic E-state index is -0.290. The summed E-state index contributed by atoms with van der Waals surface area (Å²) in [6.45, 7) is 4.10. The number of rotatable bonds is 4. The Morgan fingerprint density at radius 2 is 2.14 bits per heavy atom. The molecule has 0 bridgehead atoms. The Labute approximate surface area is 127 Å². The molecule has 1 aliphatic heterocycles. The molecule has 1 fully saturated rings. The predicted octanol–water partition coefficient (Wildman–Crippen LogP) is 1.13. The average molecular weight is 300 g/mol. The van der Waals surface area contributed by atoms with Crippen molar-refractivity contribution in [3.8, 4) is 5.88 Å². The molecule has 1 aliphatic rings. The van der Waals surface area contributed by atoms with Gasteiger partial charge in [-0.1, -0.05) is 12.1 Å². The van der Waals surface area contributed by atoms with Crippen LogP contribution in [0.2, 0.25) is 0 Å². The Kier molecular flexibility index (Phi) is 3.86. The zero-order chi connectivity index (χ0) is 15.5. The predicted molar refractivity (Wildman–Crippen MR) is 79.6 cm³/mol. The SMILES string of the molecule is Cc1cncc(OCc2c(C)cccc2N2NNNC2=O)n1. The molecule has 0 aliphatic carbocycles. The lowest BCUT2D eigenvalue weighted by atomic mass is 10.1. The lowest BCUT2D eigenvalue weighted by molar-refractivity contribution is 0.250. The molecule has 2 aromatic rings. The Morgan fingerprint density at radius 3 is 2.86 bits per heavy atom. The van der Waals surface area contributed by atoms with E-state index in [-0.39, 0.29) is 12.6 Å². The second-order valence-corrected chi connectivity index (χ2v) is 4.86. The Morgan fingerprint density at radius 1 is 1.27 bits per heavy atom. The van der Waals surface area contributed by atoms with Gasteiger partial charge in [0.2, 0.25) is 5.88 Å². The topological polar surface area (TPSA) is 91.4 Å². The van der Waals surface area contributed by atoms with Gasteiger partial charge in [0.15, 0.2) is 0 Å². The maximum Gasteiger partial charge on any atom is 0.353 e. The minimum absolute atomic E-state index is 0.283. The van der Waals surface area contributed by atoms with Crippen molar-refractivity contribution in [2.24, 2.45) is 0 Å². The van der Waals surface area contributed by atoms with Gasteiger partial charge < -0.3 is 4.74 Å². The zero-order valence-electron chi connectivity index (χ0n) is 12.3. The lowest BCUT2D eigenvalue weighted by Gasteiger charge is -2.19. The summed E-state index contributed by atoms with van der Waals surface area (Å²) >= 11 is 0. The molecule has 1 saturated heterocycles. The highest BCUT2D eigenvalue weighted by atomic mass is 16.5. The van der Waals surface area contributed by atoms with E-state index in [2.05, 4.69) is 26.5 Å². The molecule has 8 heteroatoms. The fourth-order valence-corrected chi connectivity index (χ4v) is 2.15. The molecule has 3 rings (SSSR count). The molecule has 22 heavy (non-hydrogen) atoms. The summed E-state index contributed by atoms with van der Waals surface area (Å²) in [6, 6.07) is 5.40. The van der Waals surface area contributed by atoms with E-state index >= 15 is 0 Å². The van der Waals surface area contributed by atoms with E-state index in [0.29, 0.717) is 11.6 Å². The molecule has 1 aromatic heterocycles. The number of hydrogen-bond acceptors (Lipinski definition) is 6. The third-order valence-corrected chi connectivity index (χ3v) is 3.26. The van der Waals surface area contributed by atoms with Crippen molar-refractivity contribution in [1.82, 2.24) is 26.5 Å². The van der Waals surface area contributed by atoms with Crippen LogP contribution in [0.25, 0.3) is 0 Å². The fourth-order valence-electron chi connectivity index (χ4n) is 2.15. The molecule has 1 aromatic carbocycles. The van der Waals surface area contributed by atoms with E-state index in [0.717, 1.165) is 16.8 Å². The number of aromatic nitrogens is 2. The quantitative estimate of drug-likeness (QED) is 0.784. The molecule has 0 atom stereocenters. The number of amides is 2. The molecule has 3 N–H and O–H groups in total. The Balaban J connectivity index is 1.85. The molecule has 0 spiro atoms. The van der Waals surface area contributed by atoms with E-state index in [4.69, 9.17) is 4.74 Å². The first-order valence-corrected chi connectivity index (χ1v) is 6.76. The van der Waals surface area contributed by atoms with Crippen LogP contribution in [-0.4, -0.2) is 16.0 Å². The molecule has 114 valence electrons. The Hall–Kier alpha value is -2.71. The summed E-state index contributed by atoms with van der Waals surface area (Å²) in [5.41, 5.74) is 11.2. The number of nitrogens with one attached hydrogen (secondary N) is 3. The molecule has 2 amide bonds. The first-order valence-electron chi connectivity index (χ1n) is 6.76. The molecule has 8 nitrogen and oxygen atoms in total. The number of hydrogen-bond donors (Lipinski definition) is 3. The van der Waals surface area contributed by atoms with Gasteiger partial charge in [-0.15, -0.1) is 11.1 Å². The molecular weight excluding hydrogens is 284 g/mol. The standard InChI is InChI=1S/C14H16N6O2/c1-9-4-3-5-12(20-14(21)17-18-19-20)11(9)8-22-13-7-15-6-10(2)16-13/h3-7,18-19H,8H2,1-2H3,(H,17,21). The van der Waals surface area contributed by atoms with Gasteiger partial charge >= 0.3 is 6.03 Å². The van der Waals surface area contributed by atoms with Crippen molar-refractivity contribution in [2.45, 2.75) is 20.5 Å². The second-order valence-electron chi connectivity index (χ2n) is 4.86. The number of nitrogens with zero attached hydrogens (tertiary/aromatic N) is 3. The van der Waals surface area contributed by atoms with Crippen LogP contribution >= 0.6 is 0 Å². The molecule has 0 radical (unpaired) electrons. The van der Waals surface area contributed by atoms with Crippen molar-refractivity contribution in [3.63, 3.8) is 0 Å². The molecular formula is C14H16N6O2. The number of carbonyl (C=O) groups excluding carboxylic acids is 1. The van der Waals surface area contributed by atoms with Gasteiger partial charge in [0.25, 0.3) is 0 Å². The summed E-state index contributed by atoms with van der Waals surface area (Å²) in [5, 5.41) is 1.38. The van der Waals surface area contributed by atoms with Crippen molar-refractivity contribution in [3.05, 3.63) is 47.4 Å². The first-order chi connectivity index (χ1) is 10.6. The van der Waals surface area contributed by atoms with Crippen LogP contribution in [-0.2, 0) is 6.61 Å². The van der Waals surface area contributed by atoms with Gasteiger partial charge in [-0.2, -0.15) is 0 Å². The number of ether oxygens (including phenoxy) is 1. The number of hydrazine groups is 3. The number of benzene rings is 1. The normalized spacial score (nSPS) is 14.1. The van der Waals surface area contributed by atoms with Gasteiger partial charge in [-0.3, -0.25) is 10.4 Å². The largest absolute Gasteiger partial charge is 0.472 e. The maximum atomic E-state index is 11.8. The van der Waals surface area contributed by atoms with Crippen LogP contribution in [0.5, 0.6) is 5.88 Å². The molecule has 0 saturated carbocycles. The smallest absolute Gasteiger partial charge is 0.353 e. The van der Waals surface area contributed by atoms with E-state index in [1.165, 1.54) is 5.01 Å². The van der Waals surface area contributed by atoms with Crippen LogP contribution < -0.4 is 26.2 Å². The van der Waals surface area contributed by atoms with Crippen molar-refractivity contribution < 1.29 is 9.53 Å². The summed E-state index contributed by atoms with van der Waals surface area (Å²) in [6.07, 6.45) is 3.23. The van der Waals surface area contributed by atoms with Crippen LogP contribution in [0, 0.1) is 13.8 Å². The second kappa shape index (κ2) is 5.96. The van der Waals surface area contributed by atoms with Crippen LogP contribution in [0.15, 0.2) is 30.6 Å². The summed E-state index contributed by atoms with van der Waals surface area (Å²) < 4.78 is 5.71. The third-order valence-electron chi connectivity index (χ3n) is 3.26. The van der Waals surface area contributed by atoms with E-state index in [1.54, 1.807) is 12.4 Å². The molecule has 0 unspecified atom stereocenters. The zero-order valence-corrected chi connectivity index (χ0v) is 12.3. The van der Waals surface area contributed by atoms with E-state index < -0.39 is 0 Å². The summed E-state index contributed by atoms with van der Waals surface area (Å²) in [4.78, 5) is 20.1. The van der Waals surface area contributed by atoms with Gasteiger partial charge in [-0.25, -0.2) is 14.8 Å². The van der Waals surface area contributed by atoms with Crippen molar-refractivity contribution >= 4 is 11.7 Å². The van der Waals surface area contributed by atoms with Gasteiger partial charge in [0.1, 0.15) is 6.61 Å². The summed E-state index contributed by atoms with van der Waals surface area (Å²) in [5.74, 6) is 0.450. The average Bonchev–Trinajstić information content (AvgIpc) is 2.92. The highest BCUT2D eigenvalue weighted by Crippen LogP contribution is 2.24. The van der Waals surface area contributed by atoms with Crippen LogP contribution in [0.1, 0.15) is 16.8 Å². The van der Waals surface area contributed by atoms with Gasteiger partial charge in [-0.05, 0) is 25.5 Å². The highest BCUT2D eigenvalue weighted by Gasteiger charge is 2.24. The van der Waals surface area contributed by atoms with Gasteiger partial charge in [0.05, 0.1) is 17.6 Å². The first kappa shape index (κ1) is 14.2. The van der Waals surface area contributed by atoms with E-state index in [1.807, 2.05) is 32.0 Å². The number of aryl methyl sites for hydroxylation is 2. The van der Waals surface area contributed by atoms with Gasteiger partial charge in [0, 0.05) is 11.8 Å². The molecule has 2 heterocycles. The monoisotopic (exact) mass is 300 g/mol. The number of anilines is 1. The Bertz CT molecular complexity index is 705.